The van der Waals surface area contributed by atoms with Gasteiger partial charge < -0.3 is 28.2 Å². The largest absolute Gasteiger partial charge is 0.748 e. The zero-order valence-electron chi connectivity index (χ0n) is 20.8. The highest BCUT2D eigenvalue weighted by atomic mass is 32.2. The van der Waals surface area contributed by atoms with E-state index in [1.165, 1.54) is 6.08 Å². The minimum absolute atomic E-state index is 0.288. The Kier molecular flexibility index (Phi) is 7.11. The molecule has 1 aromatic rings. The second kappa shape index (κ2) is 10.0. The molecule has 0 aromatic heterocycles. The molecule has 5 rings (SSSR count). The van der Waals surface area contributed by atoms with Gasteiger partial charge in [0.1, 0.15) is 42.0 Å². The van der Waals surface area contributed by atoms with Crippen molar-refractivity contribution in [3.8, 4) is 5.75 Å². The van der Waals surface area contributed by atoms with E-state index in [9.17, 15) is 40.5 Å². The van der Waals surface area contributed by atoms with Gasteiger partial charge in [-0.2, -0.15) is 13.2 Å². The van der Waals surface area contributed by atoms with Crippen molar-refractivity contribution in [3.05, 3.63) is 42.0 Å². The molecule has 40 heavy (non-hydrogen) atoms. The molecule has 6 unspecified atom stereocenters. The molecule has 3 aliphatic heterocycles. The van der Waals surface area contributed by atoms with Crippen LogP contribution in [0.3, 0.4) is 0 Å². The molecule has 4 aliphatic rings. The van der Waals surface area contributed by atoms with E-state index in [0.717, 1.165) is 25.0 Å². The number of hydrogen-bond donors (Lipinski definition) is 0. The van der Waals surface area contributed by atoms with Gasteiger partial charge in [0.15, 0.2) is 12.2 Å². The number of alkyl halides is 3. The second-order valence-electron chi connectivity index (χ2n) is 10.1. The fourth-order valence-electron chi connectivity index (χ4n) is 5.78. The third-order valence-electron chi connectivity index (χ3n) is 7.66. The molecular weight excluding hydrogens is 565 g/mol. The van der Waals surface area contributed by atoms with E-state index in [4.69, 9.17) is 23.7 Å². The van der Waals surface area contributed by atoms with Crippen LogP contribution < -0.4 is 4.74 Å². The first-order valence-corrected chi connectivity index (χ1v) is 14.0. The summed E-state index contributed by atoms with van der Waals surface area (Å²) in [7, 11) is -4.67. The quantitative estimate of drug-likeness (QED) is 0.180. The van der Waals surface area contributed by atoms with Gasteiger partial charge in [0, 0.05) is 0 Å². The normalized spacial score (nSPS) is 30.1. The first-order chi connectivity index (χ1) is 18.7. The minimum atomic E-state index is -4.77. The summed E-state index contributed by atoms with van der Waals surface area (Å²) in [4.78, 5) is 38.2. The molecule has 11 nitrogen and oxygen atoms in total. The van der Waals surface area contributed by atoms with Gasteiger partial charge in [0.25, 0.3) is 0 Å². The summed E-state index contributed by atoms with van der Waals surface area (Å²) in [6.07, 6.45) is -5.48. The van der Waals surface area contributed by atoms with Crippen LogP contribution >= 0.6 is 0 Å². The Morgan fingerprint density at radius 3 is 2.50 bits per heavy atom. The van der Waals surface area contributed by atoms with Gasteiger partial charge in [-0.1, -0.05) is 6.58 Å². The standard InChI is InChI=1S/C25H25F3O11S/c1-2-24(7-3-4-8-24)39-14-11-12(5-6-13(14)25(26,27)28)21(29)37-19-17-15(22(30)35-9-10-40(32,33)34)16-18(36-17)20(19)38-23(16)31/h2,5-6,11,15-20H,1,3-4,7-10H2,(H,32,33,34)/p-1. The van der Waals surface area contributed by atoms with E-state index >= 15 is 0 Å². The smallest absolute Gasteiger partial charge is 0.419 e. The molecule has 3 heterocycles. The van der Waals surface area contributed by atoms with Crippen LogP contribution in [0.4, 0.5) is 13.2 Å². The fourth-order valence-corrected chi connectivity index (χ4v) is 6.07. The number of hydrogen-bond acceptors (Lipinski definition) is 11. The first-order valence-electron chi connectivity index (χ1n) is 12.4. The zero-order valence-corrected chi connectivity index (χ0v) is 21.6. The third kappa shape index (κ3) is 5.17. The lowest BCUT2D eigenvalue weighted by Crippen LogP contribution is -2.48. The summed E-state index contributed by atoms with van der Waals surface area (Å²) in [6, 6.07) is 2.53. The predicted molar refractivity (Wildman–Crippen MR) is 124 cm³/mol. The van der Waals surface area contributed by atoms with Crippen molar-refractivity contribution in [1.82, 2.24) is 0 Å². The summed E-state index contributed by atoms with van der Waals surface area (Å²) in [5.74, 6) is -6.90. The first kappa shape index (κ1) is 28.4. The molecule has 1 aliphatic carbocycles. The van der Waals surface area contributed by atoms with Crippen LogP contribution in [0.2, 0.25) is 0 Å². The van der Waals surface area contributed by atoms with Crippen molar-refractivity contribution in [2.45, 2.75) is 61.9 Å². The van der Waals surface area contributed by atoms with Crippen molar-refractivity contribution in [3.63, 3.8) is 0 Å². The van der Waals surface area contributed by atoms with Crippen LogP contribution in [-0.4, -0.2) is 73.3 Å². The molecule has 1 aromatic carbocycles. The van der Waals surface area contributed by atoms with Crippen LogP contribution in [0.15, 0.2) is 30.9 Å². The van der Waals surface area contributed by atoms with Gasteiger partial charge in [0.05, 0.1) is 27.0 Å². The van der Waals surface area contributed by atoms with Gasteiger partial charge >= 0.3 is 24.1 Å². The zero-order chi connectivity index (χ0) is 29.0. The highest BCUT2D eigenvalue weighted by Gasteiger charge is 2.72. The Labute approximate surface area is 226 Å². The van der Waals surface area contributed by atoms with Crippen molar-refractivity contribution in [2.24, 2.45) is 11.8 Å². The monoisotopic (exact) mass is 589 g/mol. The molecule has 0 N–H and O–H groups in total. The molecular formula is C25H24F3O11S-. The lowest BCUT2D eigenvalue weighted by atomic mass is 9.78. The van der Waals surface area contributed by atoms with Crippen LogP contribution in [-0.2, 0) is 44.8 Å². The number of esters is 3. The Balaban J connectivity index is 1.36. The highest BCUT2D eigenvalue weighted by molar-refractivity contribution is 7.85. The SMILES string of the molecule is C=CC1(Oc2cc(C(=O)OC3C4OC(=O)C5C4OC3C5C(=O)OCCS(=O)(=O)[O-])ccc2C(F)(F)F)CCCC1. The molecule has 2 bridgehead atoms. The lowest BCUT2D eigenvalue weighted by Gasteiger charge is -2.29. The number of carbonyl (C=O) groups excluding carboxylic acids is 3. The Bertz CT molecular complexity index is 1340. The van der Waals surface area contributed by atoms with Crippen LogP contribution in [0.25, 0.3) is 0 Å². The molecule has 0 radical (unpaired) electrons. The Morgan fingerprint density at radius 1 is 1.18 bits per heavy atom. The maximum absolute atomic E-state index is 13.7. The summed E-state index contributed by atoms with van der Waals surface area (Å²) in [5, 5.41) is 0. The lowest BCUT2D eigenvalue weighted by molar-refractivity contribution is -0.155. The highest BCUT2D eigenvalue weighted by Crippen LogP contribution is 2.51. The maximum Gasteiger partial charge on any atom is 0.419 e. The molecule has 0 spiro atoms. The van der Waals surface area contributed by atoms with Crippen molar-refractivity contribution in [1.29, 1.82) is 0 Å². The number of ether oxygens (including phenoxy) is 5. The average molecular weight is 590 g/mol. The number of benzene rings is 1. The van der Waals surface area contributed by atoms with Crippen LogP contribution in [0, 0.1) is 11.8 Å². The predicted octanol–water partition coefficient (Wildman–Crippen LogP) is 2.14. The van der Waals surface area contributed by atoms with Gasteiger partial charge in [0.2, 0.25) is 0 Å². The Hall–Kier alpha value is -3.17. The van der Waals surface area contributed by atoms with Gasteiger partial charge in [-0.3, -0.25) is 9.59 Å². The minimum Gasteiger partial charge on any atom is -0.748 e. The van der Waals surface area contributed by atoms with E-state index in [0.29, 0.717) is 18.9 Å². The van der Waals surface area contributed by atoms with E-state index in [1.807, 2.05) is 0 Å². The van der Waals surface area contributed by atoms with Gasteiger partial charge in [-0.15, -0.1) is 0 Å². The number of halogens is 3. The molecule has 4 fully saturated rings. The van der Waals surface area contributed by atoms with Crippen molar-refractivity contribution in [2.75, 3.05) is 12.4 Å². The number of fused-ring (bicyclic) bond motifs is 1. The number of rotatable bonds is 9. The molecule has 15 heteroatoms. The topological polar surface area (TPSA) is 155 Å². The third-order valence-corrected chi connectivity index (χ3v) is 8.32. The summed E-state index contributed by atoms with van der Waals surface area (Å²) in [6.45, 7) is 2.94. The van der Waals surface area contributed by atoms with E-state index in [2.05, 4.69) is 6.58 Å². The molecule has 6 atom stereocenters. The molecule has 218 valence electrons. The fraction of sp³-hybridized carbons (Fsp3) is 0.560. The summed E-state index contributed by atoms with van der Waals surface area (Å²) in [5.41, 5.74) is -2.40. The van der Waals surface area contributed by atoms with Crippen LogP contribution in [0.1, 0.15) is 41.6 Å². The summed E-state index contributed by atoms with van der Waals surface area (Å²) < 4.78 is 101. The van der Waals surface area contributed by atoms with Gasteiger partial charge in [-0.05, 0) is 50.0 Å². The summed E-state index contributed by atoms with van der Waals surface area (Å²) >= 11 is 0. The van der Waals surface area contributed by atoms with Crippen molar-refractivity contribution < 1.29 is 64.2 Å². The van der Waals surface area contributed by atoms with E-state index in [1.54, 1.807) is 0 Å². The molecule has 3 saturated heterocycles. The molecule has 1 saturated carbocycles. The van der Waals surface area contributed by atoms with E-state index < -0.39 is 99.7 Å². The maximum atomic E-state index is 13.7. The number of carbonyl (C=O) groups is 3. The average Bonchev–Trinajstić information content (AvgIpc) is 3.61. The van der Waals surface area contributed by atoms with E-state index in [-0.39, 0.29) is 5.56 Å². The molecule has 0 amide bonds. The second-order valence-corrected chi connectivity index (χ2v) is 11.6. The Morgan fingerprint density at radius 2 is 1.88 bits per heavy atom. The van der Waals surface area contributed by atoms with Gasteiger partial charge in [-0.25, -0.2) is 13.2 Å². The van der Waals surface area contributed by atoms with Crippen molar-refractivity contribution >= 4 is 28.0 Å². The van der Waals surface area contributed by atoms with Crippen LogP contribution in [0.5, 0.6) is 5.75 Å².